The van der Waals surface area contributed by atoms with Gasteiger partial charge >= 0.3 is 0 Å². The first-order valence-corrected chi connectivity index (χ1v) is 6.43. The van der Waals surface area contributed by atoms with Crippen molar-refractivity contribution in [2.24, 2.45) is 10.7 Å². The molecule has 3 nitrogen and oxygen atoms in total. The van der Waals surface area contributed by atoms with E-state index >= 15 is 0 Å². The molecule has 1 aliphatic heterocycles. The summed E-state index contributed by atoms with van der Waals surface area (Å²) in [5.41, 5.74) is 7.00. The van der Waals surface area contributed by atoms with Gasteiger partial charge in [-0.15, -0.1) is 24.0 Å². The molecule has 1 aliphatic rings. The smallest absolute Gasteiger partial charge is 0.191 e. The summed E-state index contributed by atoms with van der Waals surface area (Å²) in [5.74, 6) is 0.643. The van der Waals surface area contributed by atoms with Crippen molar-refractivity contribution in [3.05, 3.63) is 34.9 Å². The molecule has 2 N–H and O–H groups in total. The number of hydrogen-bond acceptors (Lipinski definition) is 1. The highest BCUT2D eigenvalue weighted by molar-refractivity contribution is 14.0. The zero-order valence-corrected chi connectivity index (χ0v) is 13.4. The molecule has 0 radical (unpaired) electrons. The van der Waals surface area contributed by atoms with Gasteiger partial charge in [0.15, 0.2) is 5.96 Å². The largest absolute Gasteiger partial charge is 0.370 e. The minimum Gasteiger partial charge on any atom is -0.370 e. The Morgan fingerprint density at radius 3 is 2.56 bits per heavy atom. The fourth-order valence-electron chi connectivity index (χ4n) is 2.02. The Kier molecular flexibility index (Phi) is 6.78. The number of halogens is 2. The van der Waals surface area contributed by atoms with Crippen molar-refractivity contribution >= 4 is 41.5 Å². The number of nitrogens with zero attached hydrogens (tertiary/aromatic N) is 2. The van der Waals surface area contributed by atoms with Crippen LogP contribution in [0, 0.1) is 0 Å². The van der Waals surface area contributed by atoms with E-state index in [2.05, 4.69) is 9.89 Å². The van der Waals surface area contributed by atoms with Crippen LogP contribution in [0.3, 0.4) is 0 Å². The van der Waals surface area contributed by atoms with Crippen LogP contribution < -0.4 is 5.73 Å². The van der Waals surface area contributed by atoms with E-state index in [1.54, 1.807) is 0 Å². The van der Waals surface area contributed by atoms with Crippen LogP contribution in [-0.2, 0) is 6.54 Å². The Labute approximate surface area is 130 Å². The van der Waals surface area contributed by atoms with Crippen molar-refractivity contribution in [3.8, 4) is 0 Å². The second-order valence-electron chi connectivity index (χ2n) is 4.31. The normalized spacial score (nSPS) is 16.3. The van der Waals surface area contributed by atoms with Gasteiger partial charge in [-0.25, -0.2) is 4.99 Å². The molecule has 0 bridgehead atoms. The lowest BCUT2D eigenvalue weighted by molar-refractivity contribution is 0.338. The molecule has 1 fully saturated rings. The third-order valence-electron chi connectivity index (χ3n) is 3.05. The molecule has 0 aromatic heterocycles. The lowest BCUT2D eigenvalue weighted by Gasteiger charge is -2.27. The van der Waals surface area contributed by atoms with E-state index in [9.17, 15) is 0 Å². The fourth-order valence-corrected chi connectivity index (χ4v) is 2.21. The van der Waals surface area contributed by atoms with E-state index in [1.807, 2.05) is 24.3 Å². The van der Waals surface area contributed by atoms with E-state index in [1.165, 1.54) is 19.3 Å². The number of guanidine groups is 1. The first-order valence-electron chi connectivity index (χ1n) is 6.05. The molecule has 0 saturated carbocycles. The summed E-state index contributed by atoms with van der Waals surface area (Å²) in [5, 5.41) is 0.752. The van der Waals surface area contributed by atoms with E-state index < -0.39 is 0 Å². The van der Waals surface area contributed by atoms with Crippen LogP contribution in [-0.4, -0.2) is 23.9 Å². The van der Waals surface area contributed by atoms with E-state index in [-0.39, 0.29) is 24.0 Å². The lowest BCUT2D eigenvalue weighted by Crippen LogP contribution is -2.40. The van der Waals surface area contributed by atoms with Gasteiger partial charge < -0.3 is 10.6 Å². The molecule has 100 valence electrons. The highest BCUT2D eigenvalue weighted by Gasteiger charge is 2.11. The standard InChI is InChI=1S/C13H18ClN3.HI/c14-12-7-3-2-6-11(12)10-16-13(15)17-8-4-1-5-9-17;/h2-3,6-7H,1,4-5,8-10H2,(H2,15,16);1H. The number of piperidine rings is 1. The van der Waals surface area contributed by atoms with Gasteiger partial charge in [-0.3, -0.25) is 0 Å². The summed E-state index contributed by atoms with van der Waals surface area (Å²) in [6.45, 7) is 2.61. The fraction of sp³-hybridized carbons (Fsp3) is 0.462. The summed E-state index contributed by atoms with van der Waals surface area (Å²) in [4.78, 5) is 6.57. The van der Waals surface area contributed by atoms with Gasteiger partial charge in [0.2, 0.25) is 0 Å². The monoisotopic (exact) mass is 379 g/mol. The van der Waals surface area contributed by atoms with Crippen molar-refractivity contribution in [1.82, 2.24) is 4.90 Å². The highest BCUT2D eigenvalue weighted by atomic mass is 127. The van der Waals surface area contributed by atoms with Crippen LogP contribution in [0.4, 0.5) is 0 Å². The molecule has 0 amide bonds. The Balaban J connectivity index is 0.00000162. The van der Waals surface area contributed by atoms with Crippen LogP contribution in [0.25, 0.3) is 0 Å². The predicted molar refractivity (Wildman–Crippen MR) is 87.6 cm³/mol. The Hall–Kier alpha value is -0.490. The second-order valence-corrected chi connectivity index (χ2v) is 4.72. The van der Waals surface area contributed by atoms with Crippen molar-refractivity contribution in [1.29, 1.82) is 0 Å². The summed E-state index contributed by atoms with van der Waals surface area (Å²) in [7, 11) is 0. The van der Waals surface area contributed by atoms with E-state index in [0.29, 0.717) is 12.5 Å². The average Bonchev–Trinajstić information content (AvgIpc) is 2.38. The Bertz CT molecular complexity index is 403. The number of aliphatic imine (C=N–C) groups is 1. The molecule has 1 aromatic carbocycles. The number of rotatable bonds is 2. The summed E-state index contributed by atoms with van der Waals surface area (Å²) in [6.07, 6.45) is 3.72. The van der Waals surface area contributed by atoms with Crippen LogP contribution in [0.15, 0.2) is 29.3 Å². The molecule has 0 unspecified atom stereocenters. The first-order chi connectivity index (χ1) is 8.27. The van der Waals surface area contributed by atoms with E-state index in [4.69, 9.17) is 17.3 Å². The van der Waals surface area contributed by atoms with Gasteiger partial charge in [0, 0.05) is 18.1 Å². The van der Waals surface area contributed by atoms with Gasteiger partial charge in [-0.05, 0) is 30.9 Å². The van der Waals surface area contributed by atoms with Gasteiger partial charge in [0.1, 0.15) is 0 Å². The van der Waals surface area contributed by atoms with Crippen LogP contribution in [0.1, 0.15) is 24.8 Å². The average molecular weight is 380 g/mol. The molecule has 1 aromatic rings. The number of hydrogen-bond donors (Lipinski definition) is 1. The molecule has 0 spiro atoms. The quantitative estimate of drug-likeness (QED) is 0.487. The van der Waals surface area contributed by atoms with E-state index in [0.717, 1.165) is 23.7 Å². The molecule has 18 heavy (non-hydrogen) atoms. The molecule has 2 rings (SSSR count). The molecule has 5 heteroatoms. The maximum absolute atomic E-state index is 6.07. The highest BCUT2D eigenvalue weighted by Crippen LogP contribution is 2.16. The summed E-state index contributed by atoms with van der Waals surface area (Å²) >= 11 is 6.07. The van der Waals surface area contributed by atoms with Gasteiger partial charge in [-0.1, -0.05) is 29.8 Å². The van der Waals surface area contributed by atoms with Gasteiger partial charge in [0.25, 0.3) is 0 Å². The molecular weight excluding hydrogens is 361 g/mol. The summed E-state index contributed by atoms with van der Waals surface area (Å²) in [6, 6.07) is 7.75. The zero-order valence-electron chi connectivity index (χ0n) is 10.3. The Morgan fingerprint density at radius 1 is 1.22 bits per heavy atom. The van der Waals surface area contributed by atoms with Crippen LogP contribution in [0.2, 0.25) is 5.02 Å². The SMILES string of the molecule is I.NC(=NCc1ccccc1Cl)N1CCCCC1. The van der Waals surface area contributed by atoms with Crippen molar-refractivity contribution in [3.63, 3.8) is 0 Å². The second kappa shape index (κ2) is 7.84. The van der Waals surface area contributed by atoms with Crippen molar-refractivity contribution in [2.45, 2.75) is 25.8 Å². The number of likely N-dealkylation sites (tertiary alicyclic amines) is 1. The molecule has 1 heterocycles. The van der Waals surface area contributed by atoms with Crippen molar-refractivity contribution < 1.29 is 0 Å². The third kappa shape index (κ3) is 4.31. The molecule has 0 atom stereocenters. The third-order valence-corrected chi connectivity index (χ3v) is 3.42. The minimum absolute atomic E-state index is 0. The lowest BCUT2D eigenvalue weighted by atomic mass is 10.1. The van der Waals surface area contributed by atoms with Crippen LogP contribution >= 0.6 is 35.6 Å². The van der Waals surface area contributed by atoms with Crippen LogP contribution in [0.5, 0.6) is 0 Å². The minimum atomic E-state index is 0. The molecule has 0 aliphatic carbocycles. The van der Waals surface area contributed by atoms with Crippen molar-refractivity contribution in [2.75, 3.05) is 13.1 Å². The Morgan fingerprint density at radius 2 is 1.89 bits per heavy atom. The number of nitrogens with two attached hydrogens (primary N) is 1. The van der Waals surface area contributed by atoms with Gasteiger partial charge in [-0.2, -0.15) is 0 Å². The summed E-state index contributed by atoms with van der Waals surface area (Å²) < 4.78 is 0. The maximum atomic E-state index is 6.07. The number of benzene rings is 1. The first kappa shape index (κ1) is 15.6. The zero-order chi connectivity index (χ0) is 12.1. The van der Waals surface area contributed by atoms with Gasteiger partial charge in [0.05, 0.1) is 6.54 Å². The molecule has 1 saturated heterocycles. The molecular formula is C13H19ClIN3. The topological polar surface area (TPSA) is 41.6 Å². The predicted octanol–water partition coefficient (Wildman–Crippen LogP) is 3.26. The maximum Gasteiger partial charge on any atom is 0.191 e.